The van der Waals surface area contributed by atoms with Crippen LogP contribution >= 0.6 is 7.60 Å². The molecule has 0 aliphatic carbocycles. The molecule has 18 heavy (non-hydrogen) atoms. The Morgan fingerprint density at radius 2 is 2.22 bits per heavy atom. The monoisotopic (exact) mass is 270 g/mol. The molecular formula is C12H15O5P. The topological polar surface area (TPSA) is 65.0 Å². The van der Waals surface area contributed by atoms with Crippen molar-refractivity contribution < 1.29 is 23.5 Å². The van der Waals surface area contributed by atoms with Gasteiger partial charge < -0.3 is 14.4 Å². The van der Waals surface area contributed by atoms with Gasteiger partial charge in [-0.15, -0.1) is 0 Å². The Labute approximate surface area is 106 Å². The summed E-state index contributed by atoms with van der Waals surface area (Å²) in [6, 6.07) is 5.15. The summed E-state index contributed by atoms with van der Waals surface area (Å²) in [4.78, 5) is 0. The van der Waals surface area contributed by atoms with Gasteiger partial charge >= 0.3 is 7.60 Å². The molecule has 1 N–H and O–H groups in total. The Hall–Kier alpha value is -1.29. The summed E-state index contributed by atoms with van der Waals surface area (Å²) < 4.78 is 28.3. The van der Waals surface area contributed by atoms with E-state index in [2.05, 4.69) is 0 Å². The minimum Gasteiger partial charge on any atom is -0.497 e. The largest absolute Gasteiger partial charge is 0.497 e. The fraction of sp³-hybridized carbons (Fsp3) is 0.333. The van der Waals surface area contributed by atoms with Crippen LogP contribution in [-0.4, -0.2) is 25.4 Å². The van der Waals surface area contributed by atoms with Gasteiger partial charge in [-0.2, -0.15) is 0 Å². The molecule has 0 aromatic heterocycles. The maximum absolute atomic E-state index is 12.6. The second-order valence-corrected chi connectivity index (χ2v) is 5.62. The number of aliphatic hydroxyl groups excluding tert-OH is 1. The molecule has 5 nitrogen and oxygen atoms in total. The van der Waals surface area contributed by atoms with Crippen molar-refractivity contribution in [2.24, 2.45) is 0 Å². The Bertz CT molecular complexity index is 523. The Morgan fingerprint density at radius 1 is 1.44 bits per heavy atom. The minimum absolute atomic E-state index is 0.240. The molecular weight excluding hydrogens is 255 g/mol. The van der Waals surface area contributed by atoms with Crippen LogP contribution in [0.2, 0.25) is 0 Å². The van der Waals surface area contributed by atoms with Crippen molar-refractivity contribution in [3.63, 3.8) is 0 Å². The number of methoxy groups -OCH3 is 1. The van der Waals surface area contributed by atoms with Crippen LogP contribution in [-0.2, 0) is 13.6 Å². The predicted molar refractivity (Wildman–Crippen MR) is 68.0 cm³/mol. The fourth-order valence-electron chi connectivity index (χ4n) is 1.75. The Balaban J connectivity index is 2.55. The van der Waals surface area contributed by atoms with Crippen LogP contribution in [0.5, 0.6) is 5.75 Å². The number of rotatable bonds is 4. The summed E-state index contributed by atoms with van der Waals surface area (Å²) in [7, 11) is -1.89. The van der Waals surface area contributed by atoms with E-state index in [0.717, 1.165) is 0 Å². The molecule has 0 radical (unpaired) electrons. The van der Waals surface area contributed by atoms with E-state index in [1.165, 1.54) is 7.11 Å². The average molecular weight is 270 g/mol. The second-order valence-electron chi connectivity index (χ2n) is 3.70. The summed E-state index contributed by atoms with van der Waals surface area (Å²) in [6.07, 6.45) is 1.64. The highest BCUT2D eigenvalue weighted by Gasteiger charge is 2.35. The van der Waals surface area contributed by atoms with Gasteiger partial charge in [-0.3, -0.25) is 4.52 Å². The number of aliphatic hydroxyl groups is 1. The Morgan fingerprint density at radius 3 is 2.83 bits per heavy atom. The third-order valence-electron chi connectivity index (χ3n) is 2.54. The van der Waals surface area contributed by atoms with E-state index in [4.69, 9.17) is 18.9 Å². The standard InChI is InChI=1S/C12H15O5P/c1-3-16-18(14)12-7-10(15-2)5-4-9(12)6-11(8-13)17-18/h4-7,13H,3,8H2,1-2H3. The van der Waals surface area contributed by atoms with Gasteiger partial charge in [0.25, 0.3) is 0 Å². The zero-order chi connectivity index (χ0) is 13.2. The summed E-state index contributed by atoms with van der Waals surface area (Å²) in [6.45, 7) is 1.68. The van der Waals surface area contributed by atoms with E-state index >= 15 is 0 Å². The third-order valence-corrected chi connectivity index (χ3v) is 4.59. The van der Waals surface area contributed by atoms with Crippen molar-refractivity contribution in [2.45, 2.75) is 6.92 Å². The van der Waals surface area contributed by atoms with E-state index in [1.807, 2.05) is 0 Å². The lowest BCUT2D eigenvalue weighted by Gasteiger charge is -2.25. The number of fused-ring (bicyclic) bond motifs is 1. The minimum atomic E-state index is -3.42. The summed E-state index contributed by atoms with van der Waals surface area (Å²) in [5.74, 6) is 0.822. The van der Waals surface area contributed by atoms with Crippen LogP contribution in [0.25, 0.3) is 6.08 Å². The molecule has 2 rings (SSSR count). The highest BCUT2D eigenvalue weighted by Crippen LogP contribution is 2.52. The molecule has 0 saturated heterocycles. The van der Waals surface area contributed by atoms with E-state index < -0.39 is 7.60 Å². The summed E-state index contributed by atoms with van der Waals surface area (Å²) in [5.41, 5.74) is 0.711. The van der Waals surface area contributed by atoms with Crippen LogP contribution in [0, 0.1) is 0 Å². The van der Waals surface area contributed by atoms with E-state index in [1.54, 1.807) is 31.2 Å². The van der Waals surface area contributed by atoms with Crippen molar-refractivity contribution in [1.29, 1.82) is 0 Å². The van der Waals surface area contributed by atoms with Gasteiger partial charge in [-0.1, -0.05) is 6.07 Å². The molecule has 1 aliphatic rings. The molecule has 0 bridgehead atoms. The SMILES string of the molecule is CCOP1(=O)OC(CO)=Cc2ccc(OC)cc21. The van der Waals surface area contributed by atoms with Crippen molar-refractivity contribution in [3.8, 4) is 5.75 Å². The van der Waals surface area contributed by atoms with Crippen molar-refractivity contribution in [3.05, 3.63) is 29.5 Å². The number of ether oxygens (including phenoxy) is 1. The van der Waals surface area contributed by atoms with Gasteiger partial charge in [0.15, 0.2) is 0 Å². The molecule has 1 aromatic rings. The molecule has 1 heterocycles. The van der Waals surface area contributed by atoms with Crippen LogP contribution in [0.4, 0.5) is 0 Å². The van der Waals surface area contributed by atoms with Crippen LogP contribution < -0.4 is 10.0 Å². The molecule has 98 valence electrons. The first-order chi connectivity index (χ1) is 8.62. The van der Waals surface area contributed by atoms with Gasteiger partial charge in [0.05, 0.1) is 19.0 Å². The maximum Gasteiger partial charge on any atom is 0.411 e. The first-order valence-electron chi connectivity index (χ1n) is 5.57. The molecule has 0 amide bonds. The lowest BCUT2D eigenvalue weighted by atomic mass is 10.2. The molecule has 1 aromatic carbocycles. The van der Waals surface area contributed by atoms with E-state index in [-0.39, 0.29) is 19.0 Å². The smallest absolute Gasteiger partial charge is 0.411 e. The fourth-order valence-corrected chi connectivity index (χ4v) is 3.54. The molecule has 1 atom stereocenters. The van der Waals surface area contributed by atoms with Gasteiger partial charge in [0.2, 0.25) is 0 Å². The summed E-state index contributed by atoms with van der Waals surface area (Å²) in [5, 5.41) is 9.58. The summed E-state index contributed by atoms with van der Waals surface area (Å²) >= 11 is 0. The molecule has 0 fully saturated rings. The quantitative estimate of drug-likeness (QED) is 0.847. The second kappa shape index (κ2) is 5.14. The van der Waals surface area contributed by atoms with Gasteiger partial charge in [0.1, 0.15) is 18.1 Å². The number of hydrogen-bond acceptors (Lipinski definition) is 5. The molecule has 6 heteroatoms. The van der Waals surface area contributed by atoms with Crippen molar-refractivity contribution in [2.75, 3.05) is 20.3 Å². The number of benzene rings is 1. The third kappa shape index (κ3) is 2.29. The highest BCUT2D eigenvalue weighted by molar-refractivity contribution is 7.62. The maximum atomic E-state index is 12.6. The zero-order valence-electron chi connectivity index (χ0n) is 10.3. The first kappa shape index (κ1) is 13.1. The normalized spacial score (nSPS) is 21.8. The van der Waals surface area contributed by atoms with Crippen molar-refractivity contribution >= 4 is 19.0 Å². The molecule has 1 aliphatic heterocycles. The zero-order valence-corrected chi connectivity index (χ0v) is 11.1. The number of hydrogen-bond donors (Lipinski definition) is 1. The molecule has 1 unspecified atom stereocenters. The van der Waals surface area contributed by atoms with Crippen LogP contribution in [0.1, 0.15) is 12.5 Å². The van der Waals surface area contributed by atoms with Crippen molar-refractivity contribution in [1.82, 2.24) is 0 Å². The average Bonchev–Trinajstić information content (AvgIpc) is 2.38. The van der Waals surface area contributed by atoms with Crippen LogP contribution in [0.15, 0.2) is 24.0 Å². The lowest BCUT2D eigenvalue weighted by Crippen LogP contribution is -2.18. The first-order valence-corrected chi connectivity index (χ1v) is 7.11. The Kier molecular flexibility index (Phi) is 3.76. The lowest BCUT2D eigenvalue weighted by molar-refractivity contribution is 0.221. The molecule has 0 spiro atoms. The highest BCUT2D eigenvalue weighted by atomic mass is 31.2. The molecule has 0 saturated carbocycles. The van der Waals surface area contributed by atoms with Gasteiger partial charge in [-0.05, 0) is 30.7 Å². The van der Waals surface area contributed by atoms with Gasteiger partial charge in [0, 0.05) is 0 Å². The van der Waals surface area contributed by atoms with E-state index in [9.17, 15) is 4.57 Å². The van der Waals surface area contributed by atoms with Crippen LogP contribution in [0.3, 0.4) is 0 Å². The predicted octanol–water partition coefficient (Wildman–Crippen LogP) is 1.91. The van der Waals surface area contributed by atoms with Gasteiger partial charge in [-0.25, -0.2) is 4.57 Å². The van der Waals surface area contributed by atoms with E-state index in [0.29, 0.717) is 16.6 Å².